The zero-order chi connectivity index (χ0) is 22.6. The highest BCUT2D eigenvalue weighted by Gasteiger charge is 2.24. The second-order valence-electron chi connectivity index (χ2n) is 9.33. The fourth-order valence-electron chi connectivity index (χ4n) is 3.56. The lowest BCUT2D eigenvalue weighted by molar-refractivity contribution is -0.121. The Balaban J connectivity index is 1.84. The van der Waals surface area contributed by atoms with Gasteiger partial charge in [-0.15, -0.1) is 11.8 Å². The highest BCUT2D eigenvalue weighted by molar-refractivity contribution is 7.99. The maximum absolute atomic E-state index is 12.5. The Hall–Kier alpha value is -2.19. The van der Waals surface area contributed by atoms with Crippen LogP contribution >= 0.6 is 11.8 Å². The van der Waals surface area contributed by atoms with E-state index in [1.807, 2.05) is 45.0 Å². The first-order valence-corrected chi connectivity index (χ1v) is 11.8. The number of aryl methyl sites for hydroxylation is 1. The van der Waals surface area contributed by atoms with Crippen molar-refractivity contribution in [1.82, 2.24) is 25.2 Å². The first-order valence-electron chi connectivity index (χ1n) is 10.8. The fourth-order valence-corrected chi connectivity index (χ4v) is 4.60. The second kappa shape index (κ2) is 9.96. The molecule has 0 bridgehead atoms. The van der Waals surface area contributed by atoms with Gasteiger partial charge in [0.1, 0.15) is 11.5 Å². The van der Waals surface area contributed by atoms with Crippen LogP contribution < -0.4 is 10.2 Å². The summed E-state index contributed by atoms with van der Waals surface area (Å²) < 4.78 is 0. The van der Waals surface area contributed by atoms with Gasteiger partial charge in [0.2, 0.25) is 5.91 Å². The minimum absolute atomic E-state index is 0.0145. The first-order chi connectivity index (χ1) is 14.6. The number of fused-ring (bicyclic) bond motifs is 1. The number of carbonyl (C=O) groups is 1. The number of nitrogens with one attached hydrogen (secondary N) is 1. The van der Waals surface area contributed by atoms with Crippen LogP contribution in [0.1, 0.15) is 38.4 Å². The number of hydrogen-bond donors (Lipinski definition) is 1. The van der Waals surface area contributed by atoms with Crippen molar-refractivity contribution in [1.29, 1.82) is 0 Å². The van der Waals surface area contributed by atoms with Gasteiger partial charge in [-0.2, -0.15) is 0 Å². The van der Waals surface area contributed by atoms with E-state index in [-0.39, 0.29) is 18.0 Å². The molecule has 1 N–H and O–H groups in total. The number of pyridine rings is 1. The maximum atomic E-state index is 12.5. The van der Waals surface area contributed by atoms with Gasteiger partial charge in [-0.05, 0) is 66.3 Å². The van der Waals surface area contributed by atoms with Gasteiger partial charge in [-0.1, -0.05) is 0 Å². The molecule has 0 spiro atoms. The van der Waals surface area contributed by atoms with E-state index in [1.165, 1.54) is 0 Å². The van der Waals surface area contributed by atoms with Crippen LogP contribution in [0.15, 0.2) is 23.2 Å². The second-order valence-corrected chi connectivity index (χ2v) is 10.5. The largest absolute Gasteiger partial charge is 0.350 e. The van der Waals surface area contributed by atoms with Crippen LogP contribution in [0.4, 0.5) is 5.82 Å². The number of carbonyl (C=O) groups excluding carboxylic acids is 1. The minimum Gasteiger partial charge on any atom is -0.350 e. The molecule has 1 aliphatic rings. The van der Waals surface area contributed by atoms with Crippen molar-refractivity contribution in [3.8, 4) is 11.5 Å². The molecule has 7 nitrogen and oxygen atoms in total. The standard InChI is InChI=1S/C23H34N6OS/c1-23(2,3)27-20(30)15-29(6)22-17-8-7-9-18(17)25-21(26-22)19-14-16(10-11-24-19)31-13-12-28(4)5/h10-11,14H,7-9,12-13,15H2,1-6H3,(H,27,30). The van der Waals surface area contributed by atoms with Crippen molar-refractivity contribution < 1.29 is 4.79 Å². The van der Waals surface area contributed by atoms with Crippen molar-refractivity contribution in [2.45, 2.75) is 50.5 Å². The van der Waals surface area contributed by atoms with Gasteiger partial charge in [-0.3, -0.25) is 9.78 Å². The molecule has 2 aromatic rings. The van der Waals surface area contributed by atoms with E-state index in [4.69, 9.17) is 9.97 Å². The quantitative estimate of drug-likeness (QED) is 0.630. The van der Waals surface area contributed by atoms with Crippen LogP contribution in [0.2, 0.25) is 0 Å². The van der Waals surface area contributed by atoms with Gasteiger partial charge < -0.3 is 15.1 Å². The van der Waals surface area contributed by atoms with Gasteiger partial charge in [0, 0.05) is 47.2 Å². The van der Waals surface area contributed by atoms with Crippen molar-refractivity contribution >= 4 is 23.5 Å². The van der Waals surface area contributed by atoms with Crippen LogP contribution in [-0.2, 0) is 17.6 Å². The Morgan fingerprint density at radius 3 is 2.68 bits per heavy atom. The molecular weight excluding hydrogens is 408 g/mol. The first kappa shape index (κ1) is 23.5. The zero-order valence-electron chi connectivity index (χ0n) is 19.5. The SMILES string of the molecule is CN(C)CCSc1ccnc(-c2nc3c(c(N(C)CC(=O)NC(C)(C)C)n2)CCC3)c1. The molecule has 0 atom stereocenters. The van der Waals surface area contributed by atoms with Crippen LogP contribution in [0, 0.1) is 0 Å². The van der Waals surface area contributed by atoms with Crippen LogP contribution in [0.25, 0.3) is 11.5 Å². The topological polar surface area (TPSA) is 74.2 Å². The summed E-state index contributed by atoms with van der Waals surface area (Å²) in [6, 6.07) is 4.09. The lowest BCUT2D eigenvalue weighted by atomic mass is 10.1. The van der Waals surface area contributed by atoms with Crippen molar-refractivity contribution in [3.63, 3.8) is 0 Å². The van der Waals surface area contributed by atoms with E-state index >= 15 is 0 Å². The third kappa shape index (κ3) is 6.64. The third-order valence-corrected chi connectivity index (χ3v) is 5.91. The number of aromatic nitrogens is 3. The molecular formula is C23H34N6OS. The molecule has 31 heavy (non-hydrogen) atoms. The molecule has 1 aliphatic carbocycles. The molecule has 0 fully saturated rings. The normalized spacial score (nSPS) is 13.4. The number of amides is 1. The van der Waals surface area contributed by atoms with E-state index < -0.39 is 0 Å². The molecule has 2 heterocycles. The molecule has 0 saturated heterocycles. The molecule has 0 saturated carbocycles. The number of thioether (sulfide) groups is 1. The van der Waals surface area contributed by atoms with Gasteiger partial charge in [0.05, 0.1) is 6.54 Å². The monoisotopic (exact) mass is 442 g/mol. The molecule has 1 amide bonds. The van der Waals surface area contributed by atoms with Crippen molar-refractivity contribution in [2.24, 2.45) is 0 Å². The van der Waals surface area contributed by atoms with E-state index in [2.05, 4.69) is 35.4 Å². The Morgan fingerprint density at radius 1 is 1.19 bits per heavy atom. The summed E-state index contributed by atoms with van der Waals surface area (Å²) in [6.45, 7) is 7.24. The third-order valence-electron chi connectivity index (χ3n) is 4.94. The predicted molar refractivity (Wildman–Crippen MR) is 128 cm³/mol. The molecule has 2 aromatic heterocycles. The Labute approximate surface area is 190 Å². The number of nitrogens with zero attached hydrogens (tertiary/aromatic N) is 5. The predicted octanol–water partition coefficient (Wildman–Crippen LogP) is 3.03. The number of hydrogen-bond acceptors (Lipinski definition) is 7. The summed E-state index contributed by atoms with van der Waals surface area (Å²) in [5, 5.41) is 3.03. The van der Waals surface area contributed by atoms with Crippen molar-refractivity contribution in [3.05, 3.63) is 29.6 Å². The maximum Gasteiger partial charge on any atom is 0.239 e. The summed E-state index contributed by atoms with van der Waals surface area (Å²) >= 11 is 1.81. The fraction of sp³-hybridized carbons (Fsp3) is 0.565. The molecule has 3 rings (SSSR count). The van der Waals surface area contributed by atoms with Gasteiger partial charge >= 0.3 is 0 Å². The summed E-state index contributed by atoms with van der Waals surface area (Å²) in [5.41, 5.74) is 2.76. The van der Waals surface area contributed by atoms with Gasteiger partial charge in [-0.25, -0.2) is 9.97 Å². The van der Waals surface area contributed by atoms with E-state index in [1.54, 1.807) is 11.8 Å². The lowest BCUT2D eigenvalue weighted by Crippen LogP contribution is -2.45. The van der Waals surface area contributed by atoms with E-state index in [0.717, 1.165) is 59.2 Å². The summed E-state index contributed by atoms with van der Waals surface area (Å²) in [7, 11) is 6.08. The van der Waals surface area contributed by atoms with Crippen LogP contribution in [-0.4, -0.2) is 71.3 Å². The molecule has 0 unspecified atom stereocenters. The van der Waals surface area contributed by atoms with Crippen LogP contribution in [0.5, 0.6) is 0 Å². The Morgan fingerprint density at radius 2 is 1.97 bits per heavy atom. The Kier molecular flexibility index (Phi) is 7.54. The van der Waals surface area contributed by atoms with E-state index in [9.17, 15) is 4.79 Å². The number of anilines is 1. The zero-order valence-corrected chi connectivity index (χ0v) is 20.3. The number of likely N-dealkylation sites (N-methyl/N-ethyl adjacent to an activating group) is 1. The smallest absolute Gasteiger partial charge is 0.239 e. The summed E-state index contributed by atoms with van der Waals surface area (Å²) in [5.74, 6) is 2.47. The van der Waals surface area contributed by atoms with E-state index in [0.29, 0.717) is 5.82 Å². The molecule has 0 aromatic carbocycles. The van der Waals surface area contributed by atoms with Crippen LogP contribution in [0.3, 0.4) is 0 Å². The lowest BCUT2D eigenvalue weighted by Gasteiger charge is -2.25. The molecule has 0 aliphatic heterocycles. The van der Waals surface area contributed by atoms with Crippen molar-refractivity contribution in [2.75, 3.05) is 44.9 Å². The highest BCUT2D eigenvalue weighted by atomic mass is 32.2. The molecule has 0 radical (unpaired) electrons. The average molecular weight is 443 g/mol. The van der Waals surface area contributed by atoms with Gasteiger partial charge in [0.25, 0.3) is 0 Å². The number of rotatable bonds is 8. The van der Waals surface area contributed by atoms with Gasteiger partial charge in [0.15, 0.2) is 5.82 Å². The summed E-state index contributed by atoms with van der Waals surface area (Å²) in [6.07, 6.45) is 4.78. The highest BCUT2D eigenvalue weighted by Crippen LogP contribution is 2.31. The minimum atomic E-state index is -0.259. The molecule has 168 valence electrons. The average Bonchev–Trinajstić information content (AvgIpc) is 3.14. The Bertz CT molecular complexity index is 925. The summed E-state index contributed by atoms with van der Waals surface area (Å²) in [4.78, 5) is 32.0. The molecule has 8 heteroatoms.